The minimum atomic E-state index is 0.0445. The highest BCUT2D eigenvalue weighted by Gasteiger charge is 2.33. The van der Waals surface area contributed by atoms with Crippen molar-refractivity contribution in [2.75, 3.05) is 25.1 Å². The van der Waals surface area contributed by atoms with Crippen molar-refractivity contribution in [2.24, 2.45) is 0 Å². The Balaban J connectivity index is 2.02. The number of carbonyl (C=O) groups excluding carboxylic acids is 1. The summed E-state index contributed by atoms with van der Waals surface area (Å²) >= 11 is 1.88. The lowest BCUT2D eigenvalue weighted by Crippen LogP contribution is -2.51. The van der Waals surface area contributed by atoms with Gasteiger partial charge in [-0.15, -0.1) is 0 Å². The largest absolute Gasteiger partial charge is 0.338 e. The zero-order valence-electron chi connectivity index (χ0n) is 8.66. The molecule has 1 aliphatic carbocycles. The standard InChI is InChI=1S/C10H18N2OS/c1-11-9-7-14-6-5-12(10(9)13)8-3-2-4-8/h8-9,11H,2-7H2,1H3. The summed E-state index contributed by atoms with van der Waals surface area (Å²) in [6, 6.07) is 0.597. The van der Waals surface area contributed by atoms with Gasteiger partial charge in [0, 0.05) is 24.1 Å². The van der Waals surface area contributed by atoms with Crippen LogP contribution >= 0.6 is 11.8 Å². The molecule has 0 radical (unpaired) electrons. The molecule has 1 saturated carbocycles. The van der Waals surface area contributed by atoms with Crippen molar-refractivity contribution in [3.63, 3.8) is 0 Å². The molecule has 1 heterocycles. The van der Waals surface area contributed by atoms with Gasteiger partial charge in [-0.2, -0.15) is 11.8 Å². The summed E-state index contributed by atoms with van der Waals surface area (Å²) in [5.74, 6) is 2.35. The summed E-state index contributed by atoms with van der Waals surface area (Å²) < 4.78 is 0. The van der Waals surface area contributed by atoms with Crippen LogP contribution in [0.5, 0.6) is 0 Å². The lowest BCUT2D eigenvalue weighted by atomic mass is 9.91. The monoisotopic (exact) mass is 214 g/mol. The van der Waals surface area contributed by atoms with E-state index in [-0.39, 0.29) is 6.04 Å². The molecule has 3 nitrogen and oxygen atoms in total. The van der Waals surface area contributed by atoms with E-state index in [1.807, 2.05) is 18.8 Å². The summed E-state index contributed by atoms with van der Waals surface area (Å²) in [7, 11) is 1.88. The first kappa shape index (κ1) is 10.3. The van der Waals surface area contributed by atoms with Gasteiger partial charge in [0.15, 0.2) is 0 Å². The second kappa shape index (κ2) is 4.53. The topological polar surface area (TPSA) is 32.3 Å². The molecule has 0 aromatic rings. The van der Waals surface area contributed by atoms with Crippen molar-refractivity contribution < 1.29 is 4.79 Å². The number of hydrogen-bond donors (Lipinski definition) is 1. The first-order valence-corrected chi connectivity index (χ1v) is 6.54. The third kappa shape index (κ3) is 1.91. The summed E-state index contributed by atoms with van der Waals surface area (Å²) in [4.78, 5) is 14.2. The molecule has 0 bridgehead atoms. The molecule has 80 valence electrons. The number of hydrogen-bond acceptors (Lipinski definition) is 3. The first-order valence-electron chi connectivity index (χ1n) is 5.38. The van der Waals surface area contributed by atoms with Crippen LogP contribution in [0, 0.1) is 0 Å². The van der Waals surface area contributed by atoms with Gasteiger partial charge in [-0.1, -0.05) is 0 Å². The fourth-order valence-electron chi connectivity index (χ4n) is 2.01. The molecule has 1 aliphatic heterocycles. The second-order valence-electron chi connectivity index (χ2n) is 4.03. The van der Waals surface area contributed by atoms with Gasteiger partial charge in [0.1, 0.15) is 0 Å². The average Bonchev–Trinajstić information content (AvgIpc) is 2.27. The van der Waals surface area contributed by atoms with E-state index in [1.165, 1.54) is 19.3 Å². The quantitative estimate of drug-likeness (QED) is 0.734. The van der Waals surface area contributed by atoms with Gasteiger partial charge in [-0.05, 0) is 26.3 Å². The van der Waals surface area contributed by atoms with Crippen molar-refractivity contribution in [1.82, 2.24) is 10.2 Å². The van der Waals surface area contributed by atoms with Gasteiger partial charge in [0.25, 0.3) is 0 Å². The van der Waals surface area contributed by atoms with Gasteiger partial charge in [-0.25, -0.2) is 0 Å². The molecule has 0 aromatic heterocycles. The Morgan fingerprint density at radius 1 is 1.50 bits per heavy atom. The molecule has 0 spiro atoms. The lowest BCUT2D eigenvalue weighted by Gasteiger charge is -2.38. The average molecular weight is 214 g/mol. The molecule has 14 heavy (non-hydrogen) atoms. The van der Waals surface area contributed by atoms with Crippen molar-refractivity contribution in [2.45, 2.75) is 31.3 Å². The van der Waals surface area contributed by atoms with Crippen molar-refractivity contribution in [1.29, 1.82) is 0 Å². The summed E-state index contributed by atoms with van der Waals surface area (Å²) in [6.07, 6.45) is 3.73. The number of carbonyl (C=O) groups is 1. The molecule has 2 rings (SSSR count). The van der Waals surface area contributed by atoms with Crippen LogP contribution in [0.2, 0.25) is 0 Å². The van der Waals surface area contributed by atoms with Crippen LogP contribution in [-0.4, -0.2) is 48.0 Å². The van der Waals surface area contributed by atoms with E-state index in [0.717, 1.165) is 18.1 Å². The van der Waals surface area contributed by atoms with Gasteiger partial charge >= 0.3 is 0 Å². The van der Waals surface area contributed by atoms with E-state index >= 15 is 0 Å². The molecule has 1 amide bonds. The third-order valence-corrected chi connectivity index (χ3v) is 4.25. The summed E-state index contributed by atoms with van der Waals surface area (Å²) in [5.41, 5.74) is 0. The van der Waals surface area contributed by atoms with Crippen LogP contribution in [0.15, 0.2) is 0 Å². The maximum absolute atomic E-state index is 12.1. The Hall–Kier alpha value is -0.220. The van der Waals surface area contributed by atoms with E-state index in [4.69, 9.17) is 0 Å². The molecule has 0 aromatic carbocycles. The van der Waals surface area contributed by atoms with Crippen molar-refractivity contribution in [3.8, 4) is 0 Å². The van der Waals surface area contributed by atoms with Crippen LogP contribution in [0.4, 0.5) is 0 Å². The molecule has 4 heteroatoms. The third-order valence-electron chi connectivity index (χ3n) is 3.21. The fraction of sp³-hybridized carbons (Fsp3) is 0.900. The zero-order valence-corrected chi connectivity index (χ0v) is 9.48. The van der Waals surface area contributed by atoms with E-state index < -0.39 is 0 Å². The van der Waals surface area contributed by atoms with Crippen molar-refractivity contribution in [3.05, 3.63) is 0 Å². The molecule has 2 aliphatic rings. The molecular weight excluding hydrogens is 196 g/mol. The highest BCUT2D eigenvalue weighted by Crippen LogP contribution is 2.27. The minimum Gasteiger partial charge on any atom is -0.338 e. The number of likely N-dealkylation sites (N-methyl/N-ethyl adjacent to an activating group) is 1. The Morgan fingerprint density at radius 2 is 2.29 bits per heavy atom. The predicted molar refractivity (Wildman–Crippen MR) is 59.5 cm³/mol. The van der Waals surface area contributed by atoms with E-state index in [1.54, 1.807) is 0 Å². The number of thioether (sulfide) groups is 1. The summed E-state index contributed by atoms with van der Waals surface area (Å²) in [6.45, 7) is 0.951. The highest BCUT2D eigenvalue weighted by molar-refractivity contribution is 7.99. The number of nitrogens with zero attached hydrogens (tertiary/aromatic N) is 1. The van der Waals surface area contributed by atoms with Crippen LogP contribution < -0.4 is 5.32 Å². The van der Waals surface area contributed by atoms with Gasteiger partial charge < -0.3 is 10.2 Å². The number of rotatable bonds is 2. The number of amides is 1. The Labute approximate surface area is 89.6 Å². The lowest BCUT2D eigenvalue weighted by molar-refractivity contribution is -0.136. The van der Waals surface area contributed by atoms with Crippen LogP contribution in [0.3, 0.4) is 0 Å². The predicted octanol–water partition coefficient (Wildman–Crippen LogP) is 0.702. The van der Waals surface area contributed by atoms with Crippen LogP contribution in [-0.2, 0) is 4.79 Å². The normalized spacial score (nSPS) is 29.9. The Morgan fingerprint density at radius 3 is 2.86 bits per heavy atom. The highest BCUT2D eigenvalue weighted by atomic mass is 32.2. The number of nitrogens with one attached hydrogen (secondary N) is 1. The van der Waals surface area contributed by atoms with Crippen molar-refractivity contribution >= 4 is 17.7 Å². The van der Waals surface area contributed by atoms with E-state index in [9.17, 15) is 4.79 Å². The van der Waals surface area contributed by atoms with Gasteiger partial charge in [0.2, 0.25) is 5.91 Å². The maximum atomic E-state index is 12.1. The second-order valence-corrected chi connectivity index (χ2v) is 5.18. The van der Waals surface area contributed by atoms with Gasteiger partial charge in [0.05, 0.1) is 6.04 Å². The van der Waals surface area contributed by atoms with Gasteiger partial charge in [-0.3, -0.25) is 4.79 Å². The molecule has 1 saturated heterocycles. The smallest absolute Gasteiger partial charge is 0.240 e. The minimum absolute atomic E-state index is 0.0445. The Bertz CT molecular complexity index is 218. The molecule has 1 unspecified atom stereocenters. The molecule has 1 N–H and O–H groups in total. The Kier molecular flexibility index (Phi) is 3.34. The SMILES string of the molecule is CNC1CSCCN(C2CCC2)C1=O. The molecule has 2 fully saturated rings. The zero-order chi connectivity index (χ0) is 9.97. The molecular formula is C10H18N2OS. The van der Waals surface area contributed by atoms with E-state index in [0.29, 0.717) is 11.9 Å². The van der Waals surface area contributed by atoms with Crippen LogP contribution in [0.1, 0.15) is 19.3 Å². The maximum Gasteiger partial charge on any atom is 0.240 e. The first-order chi connectivity index (χ1) is 6.83. The fourth-order valence-corrected chi connectivity index (χ4v) is 3.05. The van der Waals surface area contributed by atoms with E-state index in [2.05, 4.69) is 10.2 Å². The summed E-state index contributed by atoms with van der Waals surface area (Å²) in [5, 5.41) is 3.11. The molecule has 1 atom stereocenters. The van der Waals surface area contributed by atoms with Crippen LogP contribution in [0.25, 0.3) is 0 Å².